The predicted octanol–water partition coefficient (Wildman–Crippen LogP) is 3.08. The lowest BCUT2D eigenvalue weighted by Crippen LogP contribution is -2.14. The summed E-state index contributed by atoms with van der Waals surface area (Å²) in [6.45, 7) is 5.10. The molecular formula is C12H12ClNO4. The van der Waals surface area contributed by atoms with Gasteiger partial charge in [0.15, 0.2) is 0 Å². The average Bonchev–Trinajstić information content (AvgIpc) is 2.35. The van der Waals surface area contributed by atoms with Crippen molar-refractivity contribution in [2.24, 2.45) is 0 Å². The maximum Gasteiger partial charge on any atom is 0.313 e. The van der Waals surface area contributed by atoms with Crippen LogP contribution in [0, 0.1) is 10.1 Å². The molecular weight excluding hydrogens is 258 g/mol. The van der Waals surface area contributed by atoms with E-state index in [1.54, 1.807) is 13.0 Å². The Morgan fingerprint density at radius 2 is 2.33 bits per heavy atom. The summed E-state index contributed by atoms with van der Waals surface area (Å²) in [4.78, 5) is 21.8. The summed E-state index contributed by atoms with van der Waals surface area (Å²) in [6.07, 6.45) is 1.44. The molecule has 0 bridgehead atoms. The van der Waals surface area contributed by atoms with Crippen molar-refractivity contribution in [3.63, 3.8) is 0 Å². The normalized spacial score (nSPS) is 11.7. The second-order valence-electron chi connectivity index (χ2n) is 3.58. The summed E-state index contributed by atoms with van der Waals surface area (Å²) in [5.74, 6) is -1.17. The Balaban J connectivity index is 3.02. The first-order valence-corrected chi connectivity index (χ1v) is 5.57. The quantitative estimate of drug-likeness (QED) is 0.356. The van der Waals surface area contributed by atoms with Gasteiger partial charge in [-0.15, -0.1) is 0 Å². The Morgan fingerprint density at radius 3 is 2.89 bits per heavy atom. The lowest BCUT2D eigenvalue weighted by molar-refractivity contribution is -0.384. The maximum atomic E-state index is 11.6. The topological polar surface area (TPSA) is 69.4 Å². The van der Waals surface area contributed by atoms with Crippen LogP contribution in [0.3, 0.4) is 0 Å². The highest BCUT2D eigenvalue weighted by molar-refractivity contribution is 6.33. The molecule has 0 spiro atoms. The number of carbonyl (C=O) groups excluding carboxylic acids is 1. The van der Waals surface area contributed by atoms with Gasteiger partial charge >= 0.3 is 5.97 Å². The van der Waals surface area contributed by atoms with Crippen LogP contribution < -0.4 is 0 Å². The molecule has 6 heteroatoms. The first-order chi connectivity index (χ1) is 8.49. The minimum absolute atomic E-state index is 0.0365. The number of esters is 1. The fourth-order valence-corrected chi connectivity index (χ4v) is 1.76. The number of nitro groups is 1. The number of benzene rings is 1. The summed E-state index contributed by atoms with van der Waals surface area (Å²) in [5, 5.41) is 10.7. The lowest BCUT2D eigenvalue weighted by Gasteiger charge is -2.12. The van der Waals surface area contributed by atoms with E-state index in [0.29, 0.717) is 5.56 Å². The van der Waals surface area contributed by atoms with Gasteiger partial charge in [-0.2, -0.15) is 0 Å². The SMILES string of the molecule is C=CCOC(=O)C(C)c1cccc([N+](=O)[O-])c1Cl. The molecule has 0 aliphatic carbocycles. The Morgan fingerprint density at radius 1 is 1.67 bits per heavy atom. The summed E-state index contributed by atoms with van der Waals surface area (Å²) < 4.78 is 4.88. The minimum Gasteiger partial charge on any atom is -0.461 e. The van der Waals surface area contributed by atoms with Crippen molar-refractivity contribution >= 4 is 23.3 Å². The number of rotatable bonds is 5. The fraction of sp³-hybridized carbons (Fsp3) is 0.250. The molecule has 1 aromatic rings. The number of nitrogens with zero attached hydrogens (tertiary/aromatic N) is 1. The van der Waals surface area contributed by atoms with Crippen LogP contribution in [0.15, 0.2) is 30.9 Å². The van der Waals surface area contributed by atoms with Gasteiger partial charge in [0.1, 0.15) is 11.6 Å². The molecule has 96 valence electrons. The molecule has 1 rings (SSSR count). The molecule has 5 nitrogen and oxygen atoms in total. The van der Waals surface area contributed by atoms with E-state index in [0.717, 1.165) is 0 Å². The van der Waals surface area contributed by atoms with Gasteiger partial charge in [0, 0.05) is 6.07 Å². The monoisotopic (exact) mass is 269 g/mol. The van der Waals surface area contributed by atoms with E-state index >= 15 is 0 Å². The molecule has 1 aromatic carbocycles. The highest BCUT2D eigenvalue weighted by Gasteiger charge is 2.24. The summed E-state index contributed by atoms with van der Waals surface area (Å²) in [6, 6.07) is 4.33. The van der Waals surface area contributed by atoms with E-state index in [4.69, 9.17) is 16.3 Å². The van der Waals surface area contributed by atoms with Crippen molar-refractivity contribution in [1.29, 1.82) is 0 Å². The number of halogens is 1. The van der Waals surface area contributed by atoms with Crippen LogP contribution in [0.2, 0.25) is 5.02 Å². The highest BCUT2D eigenvalue weighted by atomic mass is 35.5. The summed E-state index contributed by atoms with van der Waals surface area (Å²) >= 11 is 5.91. The zero-order valence-corrected chi connectivity index (χ0v) is 10.5. The Kier molecular flexibility index (Phi) is 4.85. The van der Waals surface area contributed by atoms with E-state index in [1.165, 1.54) is 18.2 Å². The van der Waals surface area contributed by atoms with E-state index in [2.05, 4.69) is 6.58 Å². The average molecular weight is 270 g/mol. The van der Waals surface area contributed by atoms with E-state index in [1.807, 2.05) is 0 Å². The van der Waals surface area contributed by atoms with Crippen molar-refractivity contribution in [2.75, 3.05) is 6.61 Å². The predicted molar refractivity (Wildman–Crippen MR) is 67.7 cm³/mol. The molecule has 0 N–H and O–H groups in total. The largest absolute Gasteiger partial charge is 0.461 e. The standard InChI is InChI=1S/C12H12ClNO4/c1-3-7-18-12(15)8(2)9-5-4-6-10(11(9)13)14(16)17/h3-6,8H,1,7H2,2H3. The Labute approximate surface area is 109 Å². The number of hydrogen-bond donors (Lipinski definition) is 0. The van der Waals surface area contributed by atoms with Crippen molar-refractivity contribution < 1.29 is 14.5 Å². The molecule has 0 fully saturated rings. The first-order valence-electron chi connectivity index (χ1n) is 5.19. The van der Waals surface area contributed by atoms with Gasteiger partial charge in [-0.3, -0.25) is 14.9 Å². The summed E-state index contributed by atoms with van der Waals surface area (Å²) in [7, 11) is 0. The number of ether oxygens (including phenoxy) is 1. The van der Waals surface area contributed by atoms with Crippen molar-refractivity contribution in [2.45, 2.75) is 12.8 Å². The third kappa shape index (κ3) is 3.07. The van der Waals surface area contributed by atoms with Gasteiger partial charge in [-0.05, 0) is 12.5 Å². The molecule has 0 radical (unpaired) electrons. The van der Waals surface area contributed by atoms with Crippen LogP contribution in [-0.2, 0) is 9.53 Å². The van der Waals surface area contributed by atoms with Crippen LogP contribution in [0.4, 0.5) is 5.69 Å². The second-order valence-corrected chi connectivity index (χ2v) is 3.96. The van der Waals surface area contributed by atoms with Gasteiger partial charge in [-0.1, -0.05) is 36.4 Å². The zero-order chi connectivity index (χ0) is 13.7. The third-order valence-corrected chi connectivity index (χ3v) is 2.78. The molecule has 18 heavy (non-hydrogen) atoms. The van der Waals surface area contributed by atoms with Crippen molar-refractivity contribution in [3.05, 3.63) is 51.6 Å². The molecule has 0 saturated carbocycles. The van der Waals surface area contributed by atoms with Crippen molar-refractivity contribution in [3.8, 4) is 0 Å². The molecule has 0 aliphatic heterocycles. The van der Waals surface area contributed by atoms with Gasteiger partial charge in [-0.25, -0.2) is 0 Å². The van der Waals surface area contributed by atoms with Gasteiger partial charge in [0.05, 0.1) is 10.8 Å². The maximum absolute atomic E-state index is 11.6. The minimum atomic E-state index is -0.669. The van der Waals surface area contributed by atoms with E-state index < -0.39 is 16.8 Å². The molecule has 0 aromatic heterocycles. The van der Waals surface area contributed by atoms with Gasteiger partial charge in [0.2, 0.25) is 0 Å². The molecule has 0 amide bonds. The molecule has 1 unspecified atom stereocenters. The molecule has 0 heterocycles. The Hall–Kier alpha value is -1.88. The zero-order valence-electron chi connectivity index (χ0n) is 9.76. The van der Waals surface area contributed by atoms with Crippen LogP contribution in [0.5, 0.6) is 0 Å². The highest BCUT2D eigenvalue weighted by Crippen LogP contribution is 2.32. The smallest absolute Gasteiger partial charge is 0.313 e. The summed E-state index contributed by atoms with van der Waals surface area (Å²) in [5.41, 5.74) is 0.150. The van der Waals surface area contributed by atoms with E-state index in [9.17, 15) is 14.9 Å². The van der Waals surface area contributed by atoms with Gasteiger partial charge < -0.3 is 4.74 Å². The van der Waals surface area contributed by atoms with E-state index in [-0.39, 0.29) is 17.3 Å². The lowest BCUT2D eigenvalue weighted by atomic mass is 10.0. The number of hydrogen-bond acceptors (Lipinski definition) is 4. The van der Waals surface area contributed by atoms with Crippen LogP contribution in [-0.4, -0.2) is 17.5 Å². The second kappa shape index (κ2) is 6.16. The Bertz CT molecular complexity index is 487. The molecule has 1 atom stereocenters. The van der Waals surface area contributed by atoms with Crippen LogP contribution >= 0.6 is 11.6 Å². The first kappa shape index (κ1) is 14.2. The van der Waals surface area contributed by atoms with Crippen molar-refractivity contribution in [1.82, 2.24) is 0 Å². The fourth-order valence-electron chi connectivity index (χ4n) is 1.41. The van der Waals surface area contributed by atoms with Crippen LogP contribution in [0.25, 0.3) is 0 Å². The molecule has 0 aliphatic rings. The van der Waals surface area contributed by atoms with Crippen LogP contribution in [0.1, 0.15) is 18.4 Å². The molecule has 0 saturated heterocycles. The van der Waals surface area contributed by atoms with Gasteiger partial charge in [0.25, 0.3) is 5.69 Å². The number of carbonyl (C=O) groups is 1. The third-order valence-electron chi connectivity index (χ3n) is 2.37. The number of nitro benzene ring substituents is 1.